The van der Waals surface area contributed by atoms with Crippen LogP contribution in [0.3, 0.4) is 0 Å². The number of carbonyl (C=O) groups is 1. The Morgan fingerprint density at radius 1 is 1.26 bits per heavy atom. The van der Waals surface area contributed by atoms with Crippen molar-refractivity contribution in [1.82, 2.24) is 15.1 Å². The van der Waals surface area contributed by atoms with Crippen molar-refractivity contribution >= 4 is 39.8 Å². The molecule has 2 aromatic carbocycles. The lowest BCUT2D eigenvalue weighted by molar-refractivity contribution is -0.138. The van der Waals surface area contributed by atoms with Crippen molar-refractivity contribution < 1.29 is 18.0 Å². The maximum Gasteiger partial charge on any atom is 0.416 e. The molecular formula is C22H19F3N4OS. The lowest BCUT2D eigenvalue weighted by Gasteiger charge is -2.21. The molecule has 0 radical (unpaired) electrons. The van der Waals surface area contributed by atoms with Crippen molar-refractivity contribution in [3.63, 3.8) is 0 Å². The Labute approximate surface area is 181 Å². The highest BCUT2D eigenvalue weighted by molar-refractivity contribution is 8.18. The van der Waals surface area contributed by atoms with Crippen molar-refractivity contribution in [2.75, 3.05) is 7.05 Å². The smallest absolute Gasteiger partial charge is 0.300 e. The molecule has 160 valence electrons. The van der Waals surface area contributed by atoms with E-state index in [1.165, 1.54) is 12.1 Å². The summed E-state index contributed by atoms with van der Waals surface area (Å²) in [5, 5.41) is 7.82. The van der Waals surface area contributed by atoms with Crippen LogP contribution in [0.2, 0.25) is 0 Å². The summed E-state index contributed by atoms with van der Waals surface area (Å²) in [6, 6.07) is 10.6. The number of aliphatic imine (C=N–C) groups is 1. The number of aromatic nitrogens is 2. The van der Waals surface area contributed by atoms with Gasteiger partial charge in [0.2, 0.25) is 0 Å². The van der Waals surface area contributed by atoms with Gasteiger partial charge in [0.1, 0.15) is 5.84 Å². The number of nitrogens with one attached hydrogen (secondary N) is 1. The van der Waals surface area contributed by atoms with E-state index in [2.05, 4.69) is 15.4 Å². The lowest BCUT2D eigenvalue weighted by atomic mass is 9.98. The average Bonchev–Trinajstić information content (AvgIpc) is 3.30. The molecular weight excluding hydrogens is 425 g/mol. The Morgan fingerprint density at radius 2 is 2.03 bits per heavy atom. The fourth-order valence-electron chi connectivity index (χ4n) is 3.66. The summed E-state index contributed by atoms with van der Waals surface area (Å²) in [6.07, 6.45) is -0.367. The average molecular weight is 444 g/mol. The number of amidine groups is 1. The first-order chi connectivity index (χ1) is 14.8. The van der Waals surface area contributed by atoms with Gasteiger partial charge in [0.15, 0.2) is 0 Å². The molecule has 1 fully saturated rings. The fourth-order valence-corrected chi connectivity index (χ4v) is 4.44. The molecule has 3 aromatic rings. The van der Waals surface area contributed by atoms with E-state index in [0.29, 0.717) is 22.7 Å². The molecule has 0 spiro atoms. The lowest BCUT2D eigenvalue weighted by Crippen LogP contribution is -2.18. The molecule has 1 aliphatic rings. The van der Waals surface area contributed by atoms with Gasteiger partial charge >= 0.3 is 6.18 Å². The van der Waals surface area contributed by atoms with E-state index in [1.54, 1.807) is 24.0 Å². The molecule has 4 rings (SSSR count). The van der Waals surface area contributed by atoms with E-state index < -0.39 is 17.8 Å². The van der Waals surface area contributed by atoms with Gasteiger partial charge in [-0.2, -0.15) is 18.3 Å². The van der Waals surface area contributed by atoms with Crippen molar-refractivity contribution in [2.24, 2.45) is 4.99 Å². The van der Waals surface area contributed by atoms with Crippen molar-refractivity contribution in [3.05, 3.63) is 70.3 Å². The van der Waals surface area contributed by atoms with E-state index in [9.17, 15) is 18.0 Å². The minimum Gasteiger partial charge on any atom is -0.300 e. The van der Waals surface area contributed by atoms with Gasteiger partial charge in [0.25, 0.3) is 5.24 Å². The molecule has 2 heterocycles. The molecule has 9 heteroatoms. The summed E-state index contributed by atoms with van der Waals surface area (Å²) in [6.45, 7) is 1.84. The zero-order chi connectivity index (χ0) is 22.2. The van der Waals surface area contributed by atoms with Crippen LogP contribution in [0.4, 0.5) is 18.0 Å². The highest BCUT2D eigenvalue weighted by atomic mass is 32.2. The Morgan fingerprint density at radius 3 is 2.74 bits per heavy atom. The predicted molar refractivity (Wildman–Crippen MR) is 117 cm³/mol. The molecule has 1 saturated heterocycles. The summed E-state index contributed by atoms with van der Waals surface area (Å²) in [5.74, 6) is 0.514. The minimum atomic E-state index is -4.43. The number of rotatable bonds is 4. The van der Waals surface area contributed by atoms with Crippen molar-refractivity contribution in [1.29, 1.82) is 0 Å². The molecule has 0 aliphatic carbocycles. The van der Waals surface area contributed by atoms with Crippen molar-refractivity contribution in [3.8, 4) is 0 Å². The third-order valence-electron chi connectivity index (χ3n) is 5.06. The van der Waals surface area contributed by atoms with E-state index in [4.69, 9.17) is 0 Å². The predicted octanol–water partition coefficient (Wildman–Crippen LogP) is 5.88. The fraction of sp³-hybridized carbons (Fsp3) is 0.227. The van der Waals surface area contributed by atoms with Gasteiger partial charge in [-0.1, -0.05) is 31.2 Å². The highest BCUT2D eigenvalue weighted by Crippen LogP contribution is 2.37. The third-order valence-corrected chi connectivity index (χ3v) is 5.87. The maximum absolute atomic E-state index is 13.5. The second kappa shape index (κ2) is 8.22. The van der Waals surface area contributed by atoms with Gasteiger partial charge in [-0.25, -0.2) is 0 Å². The zero-order valence-corrected chi connectivity index (χ0v) is 17.6. The Kier molecular flexibility index (Phi) is 5.62. The van der Waals surface area contributed by atoms with Crippen LogP contribution in [0.1, 0.15) is 36.1 Å². The number of hydrogen-bond donors (Lipinski definition) is 1. The molecule has 31 heavy (non-hydrogen) atoms. The monoisotopic (exact) mass is 444 g/mol. The molecule has 1 aliphatic heterocycles. The number of benzene rings is 2. The zero-order valence-electron chi connectivity index (χ0n) is 16.8. The third kappa shape index (κ3) is 4.23. The topological polar surface area (TPSA) is 59.3 Å². The van der Waals surface area contributed by atoms with Crippen LogP contribution >= 0.6 is 11.8 Å². The van der Waals surface area contributed by atoms with Crippen LogP contribution in [0, 0.1) is 0 Å². The van der Waals surface area contributed by atoms with Gasteiger partial charge in [-0.05, 0) is 53.6 Å². The summed E-state index contributed by atoms with van der Waals surface area (Å²) in [5.41, 5.74) is 1.08. The molecule has 1 amide bonds. The van der Waals surface area contributed by atoms with Gasteiger partial charge in [-0.15, -0.1) is 0 Å². The molecule has 0 saturated carbocycles. The Balaban J connectivity index is 1.73. The highest BCUT2D eigenvalue weighted by Gasteiger charge is 2.35. The molecule has 1 N–H and O–H groups in total. The maximum atomic E-state index is 13.5. The Hall–Kier alpha value is -3.07. The standard InChI is InChI=1S/C22H19F3N4OS/c1-3-18(15-6-4-5-7-16(15)22(23,24)25)29-12-14-10-13(8-9-17(14)28-29)11-19-20(26-2)27-21(30)31-19/h4-12,18H,3H2,1-2H3,(H,26,27,30)/b19-11-. The van der Waals surface area contributed by atoms with Crippen LogP contribution in [0.15, 0.2) is 58.6 Å². The summed E-state index contributed by atoms with van der Waals surface area (Å²) in [4.78, 5) is 16.4. The normalized spacial score (nSPS) is 18.2. The number of amides is 1. The second-order valence-corrected chi connectivity index (χ2v) is 8.05. The molecule has 5 nitrogen and oxygen atoms in total. The number of fused-ring (bicyclic) bond motifs is 1. The first-order valence-electron chi connectivity index (χ1n) is 9.63. The molecule has 1 atom stereocenters. The number of alkyl halides is 3. The molecule has 1 aromatic heterocycles. The van der Waals surface area contributed by atoms with Crippen LogP contribution < -0.4 is 5.32 Å². The van der Waals surface area contributed by atoms with E-state index in [-0.39, 0.29) is 10.8 Å². The van der Waals surface area contributed by atoms with Crippen LogP contribution in [0.25, 0.3) is 17.0 Å². The summed E-state index contributed by atoms with van der Waals surface area (Å²) < 4.78 is 42.2. The number of nitrogens with zero attached hydrogens (tertiary/aromatic N) is 3. The van der Waals surface area contributed by atoms with Gasteiger partial charge < -0.3 is 5.32 Å². The first-order valence-corrected chi connectivity index (χ1v) is 10.4. The van der Waals surface area contributed by atoms with Crippen LogP contribution in [0.5, 0.6) is 0 Å². The van der Waals surface area contributed by atoms with E-state index >= 15 is 0 Å². The first kappa shape index (κ1) is 21.2. The van der Waals surface area contributed by atoms with Gasteiger partial charge in [0.05, 0.1) is 22.0 Å². The summed E-state index contributed by atoms with van der Waals surface area (Å²) in [7, 11) is 1.60. The quantitative estimate of drug-likeness (QED) is 0.547. The Bertz CT molecular complexity index is 1210. The van der Waals surface area contributed by atoms with E-state index in [1.807, 2.05) is 31.2 Å². The van der Waals surface area contributed by atoms with Gasteiger partial charge in [-0.3, -0.25) is 14.5 Å². The second-order valence-electron chi connectivity index (χ2n) is 7.03. The number of halogens is 3. The number of thioether (sulfide) groups is 1. The number of carbonyl (C=O) groups excluding carboxylic acids is 1. The largest absolute Gasteiger partial charge is 0.416 e. The minimum absolute atomic E-state index is 0.185. The number of hydrogen-bond acceptors (Lipinski definition) is 4. The van der Waals surface area contributed by atoms with Crippen molar-refractivity contribution in [2.45, 2.75) is 25.6 Å². The molecule has 0 bridgehead atoms. The molecule has 1 unspecified atom stereocenters. The van der Waals surface area contributed by atoms with Gasteiger partial charge in [0, 0.05) is 18.6 Å². The van der Waals surface area contributed by atoms with E-state index in [0.717, 1.165) is 28.8 Å². The SMILES string of the molecule is CCC(c1ccccc1C(F)(F)F)n1cc2cc(/C=C3\SC(=O)NC3=NC)ccc2n1. The van der Waals surface area contributed by atoms with Crippen LogP contribution in [-0.4, -0.2) is 27.9 Å². The summed E-state index contributed by atoms with van der Waals surface area (Å²) >= 11 is 1.07. The van der Waals surface area contributed by atoms with Crippen LogP contribution in [-0.2, 0) is 6.18 Å².